The third kappa shape index (κ3) is 1.69. The topological polar surface area (TPSA) is 39.2 Å². The zero-order valence-electron chi connectivity index (χ0n) is 7.39. The zero-order valence-corrected chi connectivity index (χ0v) is 9.02. The maximum Gasteiger partial charge on any atom is 0.349 e. The molecule has 2 aromatic heterocycles. The predicted molar refractivity (Wildman–Crippen MR) is 56.8 cm³/mol. The number of esters is 1. The van der Waals surface area contributed by atoms with Crippen LogP contribution >= 0.6 is 22.7 Å². The summed E-state index contributed by atoms with van der Waals surface area (Å²) in [5.41, 5.74) is 1.05. The lowest BCUT2D eigenvalue weighted by Crippen LogP contribution is -1.96. The number of ether oxygens (including phenoxy) is 1. The van der Waals surface area contributed by atoms with Crippen molar-refractivity contribution in [2.45, 2.75) is 0 Å². The molecule has 2 heterocycles. The van der Waals surface area contributed by atoms with E-state index in [9.17, 15) is 4.79 Å². The minimum absolute atomic E-state index is 0.330. The van der Waals surface area contributed by atoms with Crippen molar-refractivity contribution in [1.29, 1.82) is 0 Å². The zero-order chi connectivity index (χ0) is 9.97. The standard InChI is InChI=1S/C9H7NO2S2/c1-12-9(11)7-4-10-8(14-7)6-2-3-13-5-6/h2-5H,1H3. The molecule has 0 amide bonds. The summed E-state index contributed by atoms with van der Waals surface area (Å²) in [5, 5.41) is 4.83. The van der Waals surface area contributed by atoms with Crippen LogP contribution in [0.15, 0.2) is 23.0 Å². The van der Waals surface area contributed by atoms with Gasteiger partial charge in [0.05, 0.1) is 13.3 Å². The van der Waals surface area contributed by atoms with E-state index in [4.69, 9.17) is 0 Å². The van der Waals surface area contributed by atoms with E-state index >= 15 is 0 Å². The van der Waals surface area contributed by atoms with E-state index in [0.29, 0.717) is 4.88 Å². The van der Waals surface area contributed by atoms with Gasteiger partial charge in [-0.3, -0.25) is 0 Å². The molecule has 5 heteroatoms. The number of methoxy groups -OCH3 is 1. The molecular formula is C9H7NO2S2. The molecule has 2 aromatic rings. The highest BCUT2D eigenvalue weighted by atomic mass is 32.1. The second-order valence-corrected chi connectivity index (χ2v) is 4.34. The van der Waals surface area contributed by atoms with Crippen LogP contribution in [0, 0.1) is 0 Å². The molecular weight excluding hydrogens is 218 g/mol. The van der Waals surface area contributed by atoms with Crippen LogP contribution < -0.4 is 0 Å². The molecule has 0 aliphatic heterocycles. The Labute approximate surface area is 89.0 Å². The number of rotatable bonds is 2. The van der Waals surface area contributed by atoms with E-state index in [1.807, 2.05) is 16.8 Å². The predicted octanol–water partition coefficient (Wildman–Crippen LogP) is 2.66. The summed E-state index contributed by atoms with van der Waals surface area (Å²) < 4.78 is 4.60. The molecule has 0 aliphatic carbocycles. The van der Waals surface area contributed by atoms with Crippen molar-refractivity contribution in [3.05, 3.63) is 27.9 Å². The van der Waals surface area contributed by atoms with E-state index in [-0.39, 0.29) is 5.97 Å². The van der Waals surface area contributed by atoms with E-state index in [1.54, 1.807) is 17.5 Å². The first-order valence-electron chi connectivity index (χ1n) is 3.88. The van der Waals surface area contributed by atoms with Crippen LogP contribution in [-0.2, 0) is 4.74 Å². The van der Waals surface area contributed by atoms with Crippen LogP contribution in [0.3, 0.4) is 0 Å². The van der Waals surface area contributed by atoms with Gasteiger partial charge in [-0.25, -0.2) is 9.78 Å². The number of aromatic nitrogens is 1. The molecule has 0 atom stereocenters. The summed E-state index contributed by atoms with van der Waals surface area (Å²) in [7, 11) is 1.37. The third-order valence-corrected chi connectivity index (χ3v) is 3.37. The molecule has 0 unspecified atom stereocenters. The summed E-state index contributed by atoms with van der Waals surface area (Å²) in [6, 6.07) is 1.98. The highest BCUT2D eigenvalue weighted by Crippen LogP contribution is 2.26. The Balaban J connectivity index is 2.31. The molecule has 0 aromatic carbocycles. The normalized spacial score (nSPS) is 10.1. The largest absolute Gasteiger partial charge is 0.465 e. The van der Waals surface area contributed by atoms with Gasteiger partial charge in [-0.05, 0) is 11.4 Å². The summed E-state index contributed by atoms with van der Waals surface area (Å²) >= 11 is 2.95. The number of hydrogen-bond acceptors (Lipinski definition) is 5. The van der Waals surface area contributed by atoms with Gasteiger partial charge in [0.25, 0.3) is 0 Å². The highest BCUT2D eigenvalue weighted by Gasteiger charge is 2.11. The van der Waals surface area contributed by atoms with Crippen LogP contribution in [0.5, 0.6) is 0 Å². The Morgan fingerprint density at radius 2 is 2.43 bits per heavy atom. The number of thiazole rings is 1. The first-order chi connectivity index (χ1) is 6.81. The number of carbonyl (C=O) groups excluding carboxylic acids is 1. The van der Waals surface area contributed by atoms with Crippen LogP contribution in [0.25, 0.3) is 10.6 Å². The maximum atomic E-state index is 11.1. The number of carbonyl (C=O) groups is 1. The van der Waals surface area contributed by atoms with Crippen molar-refractivity contribution >= 4 is 28.6 Å². The van der Waals surface area contributed by atoms with Gasteiger partial charge in [0.1, 0.15) is 9.88 Å². The van der Waals surface area contributed by atoms with Gasteiger partial charge in [-0.15, -0.1) is 11.3 Å². The van der Waals surface area contributed by atoms with Crippen LogP contribution in [0.2, 0.25) is 0 Å². The smallest absolute Gasteiger partial charge is 0.349 e. The Morgan fingerprint density at radius 1 is 1.57 bits per heavy atom. The van der Waals surface area contributed by atoms with Crippen molar-refractivity contribution in [2.75, 3.05) is 7.11 Å². The van der Waals surface area contributed by atoms with Gasteiger partial charge < -0.3 is 4.74 Å². The van der Waals surface area contributed by atoms with Gasteiger partial charge in [0.15, 0.2) is 0 Å². The molecule has 2 rings (SSSR count). The molecule has 0 fully saturated rings. The minimum atomic E-state index is -0.330. The summed E-state index contributed by atoms with van der Waals surface area (Å²) in [4.78, 5) is 15.8. The van der Waals surface area contributed by atoms with Gasteiger partial charge >= 0.3 is 5.97 Å². The SMILES string of the molecule is COC(=O)c1cnc(-c2ccsc2)s1. The Hall–Kier alpha value is -1.20. The monoisotopic (exact) mass is 225 g/mol. The average molecular weight is 225 g/mol. The number of nitrogens with zero attached hydrogens (tertiary/aromatic N) is 1. The van der Waals surface area contributed by atoms with Gasteiger partial charge in [-0.2, -0.15) is 11.3 Å². The van der Waals surface area contributed by atoms with E-state index in [2.05, 4.69) is 9.72 Å². The van der Waals surface area contributed by atoms with Crippen molar-refractivity contribution in [3.8, 4) is 10.6 Å². The Bertz CT molecular complexity index is 433. The van der Waals surface area contributed by atoms with Gasteiger partial charge in [0, 0.05) is 10.9 Å². The quantitative estimate of drug-likeness (QED) is 0.737. The molecule has 0 spiro atoms. The van der Waals surface area contributed by atoms with Crippen LogP contribution in [0.1, 0.15) is 9.67 Å². The average Bonchev–Trinajstić information content (AvgIpc) is 2.86. The van der Waals surface area contributed by atoms with Crippen molar-refractivity contribution in [2.24, 2.45) is 0 Å². The van der Waals surface area contributed by atoms with E-state index in [0.717, 1.165) is 10.6 Å². The Kier molecular flexibility index (Phi) is 2.60. The lowest BCUT2D eigenvalue weighted by atomic mass is 10.4. The summed E-state index contributed by atoms with van der Waals surface area (Å²) in [6.45, 7) is 0. The molecule has 0 saturated heterocycles. The highest BCUT2D eigenvalue weighted by molar-refractivity contribution is 7.17. The maximum absolute atomic E-state index is 11.1. The van der Waals surface area contributed by atoms with Gasteiger partial charge in [0.2, 0.25) is 0 Å². The minimum Gasteiger partial charge on any atom is -0.465 e. The van der Waals surface area contributed by atoms with Crippen molar-refractivity contribution in [3.63, 3.8) is 0 Å². The second kappa shape index (κ2) is 3.89. The Morgan fingerprint density at radius 3 is 3.07 bits per heavy atom. The number of hydrogen-bond donors (Lipinski definition) is 0. The molecule has 72 valence electrons. The lowest BCUT2D eigenvalue weighted by molar-refractivity contribution is 0.0606. The molecule has 3 nitrogen and oxygen atoms in total. The second-order valence-electron chi connectivity index (χ2n) is 2.53. The third-order valence-electron chi connectivity index (χ3n) is 1.66. The fraction of sp³-hybridized carbons (Fsp3) is 0.111. The van der Waals surface area contributed by atoms with Crippen molar-refractivity contribution in [1.82, 2.24) is 4.98 Å². The molecule has 0 radical (unpaired) electrons. The van der Waals surface area contributed by atoms with Crippen molar-refractivity contribution < 1.29 is 9.53 Å². The lowest BCUT2D eigenvalue weighted by Gasteiger charge is -1.90. The molecule has 0 saturated carbocycles. The molecule has 0 bridgehead atoms. The van der Waals surface area contributed by atoms with E-state index in [1.165, 1.54) is 18.4 Å². The summed E-state index contributed by atoms with van der Waals surface area (Å²) in [6.07, 6.45) is 1.55. The van der Waals surface area contributed by atoms with E-state index < -0.39 is 0 Å². The van der Waals surface area contributed by atoms with Crippen LogP contribution in [-0.4, -0.2) is 18.1 Å². The van der Waals surface area contributed by atoms with Gasteiger partial charge in [-0.1, -0.05) is 0 Å². The summed E-state index contributed by atoms with van der Waals surface area (Å²) in [5.74, 6) is -0.330. The first kappa shape index (κ1) is 9.36. The molecule has 0 N–H and O–H groups in total. The number of thiophene rings is 1. The molecule has 14 heavy (non-hydrogen) atoms. The van der Waals surface area contributed by atoms with Crippen LogP contribution in [0.4, 0.5) is 0 Å². The fourth-order valence-corrected chi connectivity index (χ4v) is 2.53. The molecule has 0 aliphatic rings. The first-order valence-corrected chi connectivity index (χ1v) is 5.64. The fourth-order valence-electron chi connectivity index (χ4n) is 0.989.